The number of anilines is 1. The van der Waals surface area contributed by atoms with Gasteiger partial charge in [-0.2, -0.15) is 13.9 Å². The zero-order chi connectivity index (χ0) is 16.4. The number of nitrogens with zero attached hydrogens (tertiary/aromatic N) is 3. The number of rotatable bonds is 5. The fourth-order valence-electron chi connectivity index (χ4n) is 2.26. The lowest BCUT2D eigenvalue weighted by atomic mass is 10.2. The molecule has 3 aromatic rings. The summed E-state index contributed by atoms with van der Waals surface area (Å²) in [4.78, 5) is 4.25. The zero-order valence-corrected chi connectivity index (χ0v) is 12.9. The first-order chi connectivity index (χ1) is 11.0. The third-order valence-electron chi connectivity index (χ3n) is 3.20. The number of hydrogen-bond acceptors (Lipinski definition) is 4. The highest BCUT2D eigenvalue weighted by Gasteiger charge is 2.11. The maximum Gasteiger partial charge on any atom is 0.387 e. The van der Waals surface area contributed by atoms with E-state index in [1.807, 2.05) is 13.0 Å². The molecule has 2 heterocycles. The van der Waals surface area contributed by atoms with Crippen molar-refractivity contribution in [1.82, 2.24) is 14.6 Å². The second-order valence-electron chi connectivity index (χ2n) is 4.88. The summed E-state index contributed by atoms with van der Waals surface area (Å²) in [6, 6.07) is 6.38. The summed E-state index contributed by atoms with van der Waals surface area (Å²) >= 11 is 5.93. The molecule has 5 nitrogen and oxygen atoms in total. The quantitative estimate of drug-likeness (QED) is 0.766. The van der Waals surface area contributed by atoms with E-state index >= 15 is 0 Å². The van der Waals surface area contributed by atoms with Crippen LogP contribution in [0.2, 0.25) is 5.02 Å². The number of nitrogens with one attached hydrogen (secondary N) is 1. The second-order valence-corrected chi connectivity index (χ2v) is 5.31. The van der Waals surface area contributed by atoms with Gasteiger partial charge in [-0.25, -0.2) is 9.50 Å². The monoisotopic (exact) mass is 338 g/mol. The Morgan fingerprint density at radius 1 is 1.35 bits per heavy atom. The Hall–Kier alpha value is -2.41. The van der Waals surface area contributed by atoms with Gasteiger partial charge in [0.05, 0.1) is 5.69 Å². The molecule has 1 aromatic carbocycles. The molecular weight excluding hydrogens is 326 g/mol. The summed E-state index contributed by atoms with van der Waals surface area (Å²) in [7, 11) is 0. The third-order valence-corrected chi connectivity index (χ3v) is 3.43. The predicted molar refractivity (Wildman–Crippen MR) is 83.1 cm³/mol. The van der Waals surface area contributed by atoms with Crippen LogP contribution >= 0.6 is 11.6 Å². The minimum absolute atomic E-state index is 0.0774. The van der Waals surface area contributed by atoms with E-state index in [0.29, 0.717) is 16.4 Å². The average Bonchev–Trinajstić information content (AvgIpc) is 2.87. The number of hydrogen-bond donors (Lipinski definition) is 1. The van der Waals surface area contributed by atoms with Crippen LogP contribution in [0, 0.1) is 6.92 Å². The molecule has 120 valence electrons. The van der Waals surface area contributed by atoms with E-state index in [2.05, 4.69) is 20.1 Å². The number of fused-ring (bicyclic) bond motifs is 1. The number of alkyl halides is 2. The molecule has 23 heavy (non-hydrogen) atoms. The van der Waals surface area contributed by atoms with Gasteiger partial charge >= 0.3 is 6.61 Å². The number of benzene rings is 1. The van der Waals surface area contributed by atoms with Crippen LogP contribution in [0.4, 0.5) is 14.6 Å². The van der Waals surface area contributed by atoms with Crippen LogP contribution in [-0.4, -0.2) is 21.2 Å². The van der Waals surface area contributed by atoms with Crippen LogP contribution in [-0.2, 0) is 6.54 Å². The van der Waals surface area contributed by atoms with Crippen molar-refractivity contribution < 1.29 is 13.5 Å². The van der Waals surface area contributed by atoms with Crippen LogP contribution in [0.3, 0.4) is 0 Å². The smallest absolute Gasteiger partial charge is 0.387 e. The van der Waals surface area contributed by atoms with Gasteiger partial charge in [-0.3, -0.25) is 0 Å². The van der Waals surface area contributed by atoms with Gasteiger partial charge in [-0.15, -0.1) is 0 Å². The lowest BCUT2D eigenvalue weighted by Gasteiger charge is -2.12. The van der Waals surface area contributed by atoms with E-state index < -0.39 is 6.61 Å². The van der Waals surface area contributed by atoms with Gasteiger partial charge in [0.1, 0.15) is 11.3 Å². The van der Waals surface area contributed by atoms with Gasteiger partial charge in [-0.1, -0.05) is 11.6 Å². The zero-order valence-electron chi connectivity index (χ0n) is 12.1. The lowest BCUT2D eigenvalue weighted by Crippen LogP contribution is -2.08. The van der Waals surface area contributed by atoms with Crippen LogP contribution in [0.5, 0.6) is 5.75 Å². The highest BCUT2D eigenvalue weighted by Crippen LogP contribution is 2.26. The Morgan fingerprint density at radius 2 is 2.17 bits per heavy atom. The molecule has 0 aliphatic carbocycles. The first-order valence-corrected chi connectivity index (χ1v) is 7.19. The highest BCUT2D eigenvalue weighted by molar-refractivity contribution is 6.30. The van der Waals surface area contributed by atoms with Gasteiger partial charge in [0, 0.05) is 29.5 Å². The van der Waals surface area contributed by atoms with Gasteiger partial charge < -0.3 is 10.1 Å². The van der Waals surface area contributed by atoms with Crippen molar-refractivity contribution >= 4 is 22.9 Å². The molecule has 0 radical (unpaired) electrons. The van der Waals surface area contributed by atoms with E-state index in [1.165, 1.54) is 12.1 Å². The molecule has 0 bridgehead atoms. The fourth-order valence-corrected chi connectivity index (χ4v) is 2.45. The van der Waals surface area contributed by atoms with Crippen molar-refractivity contribution in [2.45, 2.75) is 20.1 Å². The summed E-state index contributed by atoms with van der Waals surface area (Å²) in [5.41, 5.74) is 2.16. The molecule has 0 saturated carbocycles. The molecule has 2 aromatic heterocycles. The van der Waals surface area contributed by atoms with Crippen molar-refractivity contribution in [2.24, 2.45) is 0 Å². The van der Waals surface area contributed by atoms with Crippen molar-refractivity contribution in [3.05, 3.63) is 52.9 Å². The topological polar surface area (TPSA) is 51.5 Å². The summed E-state index contributed by atoms with van der Waals surface area (Å²) in [5, 5.41) is 7.83. The van der Waals surface area contributed by atoms with E-state index in [-0.39, 0.29) is 12.3 Å². The molecule has 1 N–H and O–H groups in total. The second kappa shape index (κ2) is 6.37. The Morgan fingerprint density at radius 3 is 2.96 bits per heavy atom. The SMILES string of the molecule is Cc1cc2c(NCc3cc(Cl)ccc3OC(F)F)nccn2n1. The highest BCUT2D eigenvalue weighted by atomic mass is 35.5. The number of aromatic nitrogens is 3. The normalized spacial score (nSPS) is 11.2. The van der Waals surface area contributed by atoms with E-state index in [0.717, 1.165) is 11.2 Å². The summed E-state index contributed by atoms with van der Waals surface area (Å²) in [6.45, 7) is -0.782. The van der Waals surface area contributed by atoms with E-state index in [4.69, 9.17) is 11.6 Å². The van der Waals surface area contributed by atoms with E-state index in [1.54, 1.807) is 23.0 Å². The molecule has 8 heteroatoms. The Kier molecular flexibility index (Phi) is 4.29. The largest absolute Gasteiger partial charge is 0.434 e. The van der Waals surface area contributed by atoms with Crippen LogP contribution in [0.25, 0.3) is 5.52 Å². The summed E-state index contributed by atoms with van der Waals surface area (Å²) < 4.78 is 31.2. The van der Waals surface area contributed by atoms with Gasteiger partial charge in [0.25, 0.3) is 0 Å². The maximum atomic E-state index is 12.5. The predicted octanol–water partition coefficient (Wildman–Crippen LogP) is 3.90. The fraction of sp³-hybridized carbons (Fsp3) is 0.200. The molecule has 0 unspecified atom stereocenters. The standard InChI is InChI=1S/C15H13ClF2N4O/c1-9-6-12-14(19-4-5-22(12)21-9)20-8-10-7-11(16)2-3-13(10)23-15(17)18/h2-7,15H,8H2,1H3,(H,19,20). The first-order valence-electron chi connectivity index (χ1n) is 6.81. The van der Waals surface area contributed by atoms with Crippen LogP contribution in [0.1, 0.15) is 11.3 Å². The Balaban J connectivity index is 1.86. The Labute approximate surface area is 135 Å². The van der Waals surface area contributed by atoms with Gasteiger partial charge in [0.2, 0.25) is 0 Å². The molecule has 0 atom stereocenters. The van der Waals surface area contributed by atoms with Crippen LogP contribution < -0.4 is 10.1 Å². The maximum absolute atomic E-state index is 12.5. The third kappa shape index (κ3) is 3.50. The lowest BCUT2D eigenvalue weighted by molar-refractivity contribution is -0.0504. The minimum Gasteiger partial charge on any atom is -0.434 e. The molecule has 0 saturated heterocycles. The Bertz CT molecular complexity index is 837. The van der Waals surface area contributed by atoms with Gasteiger partial charge in [0.15, 0.2) is 5.82 Å². The molecule has 0 spiro atoms. The number of aryl methyl sites for hydroxylation is 1. The molecule has 0 aliphatic heterocycles. The molecule has 0 amide bonds. The molecule has 3 rings (SSSR count). The summed E-state index contributed by atoms with van der Waals surface area (Å²) in [5.74, 6) is 0.671. The van der Waals surface area contributed by atoms with Crippen molar-refractivity contribution in [3.8, 4) is 5.75 Å². The van der Waals surface area contributed by atoms with Crippen molar-refractivity contribution in [2.75, 3.05) is 5.32 Å². The molecular formula is C15H13ClF2N4O. The average molecular weight is 339 g/mol. The molecule has 0 aliphatic rings. The minimum atomic E-state index is -2.89. The van der Waals surface area contributed by atoms with Crippen molar-refractivity contribution in [3.63, 3.8) is 0 Å². The number of ether oxygens (including phenoxy) is 1. The van der Waals surface area contributed by atoms with Gasteiger partial charge in [-0.05, 0) is 31.2 Å². The number of halogens is 3. The molecule has 0 fully saturated rings. The summed E-state index contributed by atoms with van der Waals surface area (Å²) in [6.07, 6.45) is 3.34. The van der Waals surface area contributed by atoms with Crippen molar-refractivity contribution in [1.29, 1.82) is 0 Å². The van der Waals surface area contributed by atoms with E-state index in [9.17, 15) is 8.78 Å². The van der Waals surface area contributed by atoms with Crippen LogP contribution in [0.15, 0.2) is 36.7 Å². The first kappa shape index (κ1) is 15.5.